The number of rotatable bonds is 1. The second-order valence-corrected chi connectivity index (χ2v) is 5.05. The van der Waals surface area contributed by atoms with E-state index < -0.39 is 11.7 Å². The van der Waals surface area contributed by atoms with Crippen LogP contribution in [-0.4, -0.2) is 4.98 Å². The Labute approximate surface area is 120 Å². The maximum atomic E-state index is 12.6. The maximum absolute atomic E-state index is 12.6. The molecule has 0 atom stereocenters. The molecule has 2 nitrogen and oxygen atoms in total. The topological polar surface area (TPSA) is 16.1 Å². The maximum Gasteiger partial charge on any atom is 0.417 e. The predicted molar refractivity (Wildman–Crippen MR) is 75.3 cm³/mol. The Morgan fingerprint density at radius 1 is 1.10 bits per heavy atom. The Kier molecular flexibility index (Phi) is 3.20. The molecule has 1 aromatic carbocycles. The van der Waals surface area contributed by atoms with Gasteiger partial charge in [0, 0.05) is 12.4 Å². The zero-order valence-electron chi connectivity index (χ0n) is 11.4. The van der Waals surface area contributed by atoms with Crippen molar-refractivity contribution in [3.05, 3.63) is 65.5 Å². The van der Waals surface area contributed by atoms with Crippen molar-refractivity contribution in [1.29, 1.82) is 0 Å². The molecule has 0 unspecified atom stereocenters. The smallest absolute Gasteiger partial charge is 0.302 e. The number of allylic oxidation sites excluding steroid dienone is 1. The van der Waals surface area contributed by atoms with Crippen LogP contribution in [0.2, 0.25) is 0 Å². The van der Waals surface area contributed by atoms with E-state index in [0.717, 1.165) is 35.5 Å². The molecule has 2 aromatic rings. The van der Waals surface area contributed by atoms with E-state index in [1.807, 2.05) is 42.3 Å². The molecule has 3 rings (SSSR count). The average molecular weight is 290 g/mol. The SMILES string of the molecule is CC1=CN(c2ccc(C(F)(F)F)cn2)c2ccccc2C1. The van der Waals surface area contributed by atoms with Crippen LogP contribution in [0.25, 0.3) is 0 Å². The highest BCUT2D eigenvalue weighted by molar-refractivity contribution is 5.69. The third kappa shape index (κ3) is 2.63. The first-order chi connectivity index (χ1) is 9.95. The van der Waals surface area contributed by atoms with Crippen molar-refractivity contribution < 1.29 is 13.2 Å². The highest BCUT2D eigenvalue weighted by atomic mass is 19.4. The van der Waals surface area contributed by atoms with Crippen molar-refractivity contribution in [2.45, 2.75) is 19.5 Å². The first-order valence-corrected chi connectivity index (χ1v) is 6.53. The zero-order chi connectivity index (χ0) is 15.0. The van der Waals surface area contributed by atoms with Crippen molar-refractivity contribution >= 4 is 11.5 Å². The number of pyridine rings is 1. The molecule has 5 heteroatoms. The highest BCUT2D eigenvalue weighted by Crippen LogP contribution is 2.35. The average Bonchev–Trinajstić information content (AvgIpc) is 2.45. The van der Waals surface area contributed by atoms with Crippen molar-refractivity contribution in [2.24, 2.45) is 0 Å². The number of halogens is 3. The summed E-state index contributed by atoms with van der Waals surface area (Å²) in [5.74, 6) is 0.481. The second kappa shape index (κ2) is 4.91. The molecule has 108 valence electrons. The minimum absolute atomic E-state index is 0.481. The number of aromatic nitrogens is 1. The first-order valence-electron chi connectivity index (χ1n) is 6.53. The zero-order valence-corrected chi connectivity index (χ0v) is 11.4. The Morgan fingerprint density at radius 2 is 1.86 bits per heavy atom. The van der Waals surface area contributed by atoms with E-state index >= 15 is 0 Å². The molecular formula is C16H13F3N2. The molecule has 1 aliphatic rings. The van der Waals surface area contributed by atoms with Gasteiger partial charge in [-0.3, -0.25) is 0 Å². The van der Waals surface area contributed by atoms with Gasteiger partial charge < -0.3 is 4.90 Å². The molecule has 0 fully saturated rings. The molecule has 0 spiro atoms. The third-order valence-electron chi connectivity index (χ3n) is 3.39. The number of fused-ring (bicyclic) bond motifs is 1. The van der Waals surface area contributed by atoms with Gasteiger partial charge in [-0.1, -0.05) is 23.8 Å². The number of benzene rings is 1. The van der Waals surface area contributed by atoms with E-state index in [2.05, 4.69) is 4.98 Å². The van der Waals surface area contributed by atoms with Crippen LogP contribution >= 0.6 is 0 Å². The molecule has 0 bridgehead atoms. The van der Waals surface area contributed by atoms with Crippen LogP contribution < -0.4 is 4.90 Å². The summed E-state index contributed by atoms with van der Waals surface area (Å²) in [4.78, 5) is 5.79. The van der Waals surface area contributed by atoms with E-state index in [1.165, 1.54) is 6.07 Å². The van der Waals surface area contributed by atoms with Gasteiger partial charge in [0.15, 0.2) is 0 Å². The summed E-state index contributed by atoms with van der Waals surface area (Å²) in [6.07, 6.45) is -0.738. The van der Waals surface area contributed by atoms with Crippen LogP contribution in [0.3, 0.4) is 0 Å². The quantitative estimate of drug-likeness (QED) is 0.757. The lowest BCUT2D eigenvalue weighted by Gasteiger charge is -2.27. The molecule has 2 heterocycles. The summed E-state index contributed by atoms with van der Waals surface area (Å²) < 4.78 is 37.8. The van der Waals surface area contributed by atoms with Crippen LogP contribution in [0.4, 0.5) is 24.7 Å². The molecule has 1 aromatic heterocycles. The molecule has 0 radical (unpaired) electrons. The fraction of sp³-hybridized carbons (Fsp3) is 0.188. The second-order valence-electron chi connectivity index (χ2n) is 5.05. The Bertz CT molecular complexity index is 687. The standard InChI is InChI=1S/C16H13F3N2/c1-11-8-12-4-2-3-5-14(12)21(10-11)15-7-6-13(9-20-15)16(17,18)19/h2-7,9-10H,8H2,1H3. The van der Waals surface area contributed by atoms with Crippen LogP contribution in [0.15, 0.2) is 54.4 Å². The van der Waals surface area contributed by atoms with E-state index in [9.17, 15) is 13.2 Å². The Balaban J connectivity index is 2.01. The Hall–Kier alpha value is -2.30. The van der Waals surface area contributed by atoms with Gasteiger partial charge >= 0.3 is 6.18 Å². The lowest BCUT2D eigenvalue weighted by atomic mass is 10.0. The predicted octanol–water partition coefficient (Wildman–Crippen LogP) is 4.70. The van der Waals surface area contributed by atoms with Gasteiger partial charge in [0.1, 0.15) is 5.82 Å². The lowest BCUT2D eigenvalue weighted by molar-refractivity contribution is -0.137. The molecule has 21 heavy (non-hydrogen) atoms. The molecule has 1 aliphatic heterocycles. The minimum atomic E-state index is -4.36. The molecular weight excluding hydrogens is 277 g/mol. The van der Waals surface area contributed by atoms with E-state index in [1.54, 1.807) is 0 Å². The lowest BCUT2D eigenvalue weighted by Crippen LogP contribution is -2.17. The number of para-hydroxylation sites is 1. The van der Waals surface area contributed by atoms with Crippen LogP contribution in [0.5, 0.6) is 0 Å². The van der Waals surface area contributed by atoms with E-state index in [-0.39, 0.29) is 0 Å². The van der Waals surface area contributed by atoms with Crippen molar-refractivity contribution in [3.63, 3.8) is 0 Å². The molecule has 0 aliphatic carbocycles. The fourth-order valence-corrected chi connectivity index (χ4v) is 2.42. The number of hydrogen-bond donors (Lipinski definition) is 0. The van der Waals surface area contributed by atoms with E-state index in [0.29, 0.717) is 5.82 Å². The minimum Gasteiger partial charge on any atom is -0.302 e. The van der Waals surface area contributed by atoms with E-state index in [4.69, 9.17) is 0 Å². The summed E-state index contributed by atoms with van der Waals surface area (Å²) in [6.45, 7) is 1.99. The van der Waals surface area contributed by atoms with Crippen LogP contribution in [0.1, 0.15) is 18.1 Å². The third-order valence-corrected chi connectivity index (χ3v) is 3.39. The van der Waals surface area contributed by atoms with Gasteiger partial charge in [-0.2, -0.15) is 13.2 Å². The largest absolute Gasteiger partial charge is 0.417 e. The van der Waals surface area contributed by atoms with Gasteiger partial charge in [-0.05, 0) is 37.1 Å². The van der Waals surface area contributed by atoms with Crippen LogP contribution in [0, 0.1) is 0 Å². The van der Waals surface area contributed by atoms with Gasteiger partial charge in [-0.25, -0.2) is 4.98 Å². The highest BCUT2D eigenvalue weighted by Gasteiger charge is 2.31. The van der Waals surface area contributed by atoms with Gasteiger partial charge in [0.05, 0.1) is 11.3 Å². The Morgan fingerprint density at radius 3 is 2.52 bits per heavy atom. The molecule has 0 amide bonds. The van der Waals surface area contributed by atoms with Gasteiger partial charge in [0.25, 0.3) is 0 Å². The number of anilines is 2. The van der Waals surface area contributed by atoms with Crippen LogP contribution in [-0.2, 0) is 12.6 Å². The van der Waals surface area contributed by atoms with Crippen molar-refractivity contribution in [1.82, 2.24) is 4.98 Å². The molecule has 0 saturated carbocycles. The first kappa shape index (κ1) is 13.7. The van der Waals surface area contributed by atoms with Gasteiger partial charge in [0.2, 0.25) is 0 Å². The summed E-state index contributed by atoms with van der Waals surface area (Å²) in [5.41, 5.74) is 2.49. The normalized spacial score (nSPS) is 14.7. The summed E-state index contributed by atoms with van der Waals surface area (Å²) in [7, 11) is 0. The molecule has 0 N–H and O–H groups in total. The summed E-state index contributed by atoms with van der Waals surface area (Å²) in [5, 5.41) is 0. The molecule has 0 saturated heterocycles. The fourth-order valence-electron chi connectivity index (χ4n) is 2.42. The van der Waals surface area contributed by atoms with Crippen molar-refractivity contribution in [3.8, 4) is 0 Å². The number of hydrogen-bond acceptors (Lipinski definition) is 2. The summed E-state index contributed by atoms with van der Waals surface area (Å²) in [6, 6.07) is 10.3. The van der Waals surface area contributed by atoms with Crippen molar-refractivity contribution in [2.75, 3.05) is 4.90 Å². The summed E-state index contributed by atoms with van der Waals surface area (Å²) >= 11 is 0. The van der Waals surface area contributed by atoms with Gasteiger partial charge in [-0.15, -0.1) is 0 Å². The number of alkyl halides is 3. The number of nitrogens with zero attached hydrogens (tertiary/aromatic N) is 2. The monoisotopic (exact) mass is 290 g/mol.